The highest BCUT2D eigenvalue weighted by Gasteiger charge is 2.48. The number of hydrogen-bond acceptors (Lipinski definition) is 4. The molecule has 5 heteroatoms. The second-order valence-electron chi connectivity index (χ2n) is 10.9. The fraction of sp³-hybridized carbons (Fsp3) is 0.607. The predicted octanol–water partition coefficient (Wildman–Crippen LogP) is 5.19. The maximum absolute atomic E-state index is 12.1. The van der Waals surface area contributed by atoms with Gasteiger partial charge in [-0.2, -0.15) is 0 Å². The fourth-order valence-corrected chi connectivity index (χ4v) is 6.52. The zero-order valence-electron chi connectivity index (χ0n) is 20.0. The Morgan fingerprint density at radius 2 is 1.88 bits per heavy atom. The van der Waals surface area contributed by atoms with Gasteiger partial charge in [-0.3, -0.25) is 0 Å². The molecule has 0 spiro atoms. The van der Waals surface area contributed by atoms with Crippen molar-refractivity contribution in [3.05, 3.63) is 65.9 Å². The minimum atomic E-state index is -1.16. The van der Waals surface area contributed by atoms with Crippen molar-refractivity contribution in [3.8, 4) is 0 Å². The Bertz CT molecular complexity index is 941. The molecule has 1 aromatic heterocycles. The molecule has 6 rings (SSSR count). The molecule has 1 aliphatic carbocycles. The molecule has 5 nitrogen and oxygen atoms in total. The van der Waals surface area contributed by atoms with Gasteiger partial charge in [0.15, 0.2) is 11.4 Å². The zero-order chi connectivity index (χ0) is 22.9. The molecule has 4 aliphatic rings. The molecule has 3 aliphatic heterocycles. The van der Waals surface area contributed by atoms with Crippen molar-refractivity contribution < 1.29 is 18.7 Å². The number of benzene rings is 1. The summed E-state index contributed by atoms with van der Waals surface area (Å²) in [6, 6.07) is 10.0. The number of oxazole rings is 1. The van der Waals surface area contributed by atoms with Gasteiger partial charge in [0.05, 0.1) is 25.9 Å². The van der Waals surface area contributed by atoms with Crippen molar-refractivity contribution in [2.75, 3.05) is 26.2 Å². The van der Waals surface area contributed by atoms with E-state index in [1.807, 2.05) is 43.5 Å². The molecule has 1 unspecified atom stereocenters. The van der Waals surface area contributed by atoms with Gasteiger partial charge in [0.25, 0.3) is 0 Å². The number of quaternary nitrogens is 1. The molecule has 2 atom stereocenters. The summed E-state index contributed by atoms with van der Waals surface area (Å²) in [6.45, 7) is 10.9. The Kier molecular flexibility index (Phi) is 6.47. The first-order valence-corrected chi connectivity index (χ1v) is 12.8. The summed E-state index contributed by atoms with van der Waals surface area (Å²) in [5, 5.41) is 12.1. The second-order valence-corrected chi connectivity index (χ2v) is 10.9. The van der Waals surface area contributed by atoms with Crippen molar-refractivity contribution in [1.82, 2.24) is 4.98 Å². The molecule has 1 N–H and O–H groups in total. The number of piperidine rings is 3. The number of rotatable bonds is 8. The van der Waals surface area contributed by atoms with E-state index in [9.17, 15) is 5.11 Å². The van der Waals surface area contributed by atoms with Gasteiger partial charge in [0.1, 0.15) is 19.2 Å². The van der Waals surface area contributed by atoms with Crippen LogP contribution in [0.3, 0.4) is 0 Å². The molecule has 2 aromatic rings. The van der Waals surface area contributed by atoms with E-state index in [0.29, 0.717) is 24.5 Å². The van der Waals surface area contributed by atoms with Gasteiger partial charge in [-0.25, -0.2) is 4.98 Å². The highest BCUT2D eigenvalue weighted by molar-refractivity contribution is 5.30. The van der Waals surface area contributed by atoms with Crippen molar-refractivity contribution in [2.24, 2.45) is 11.8 Å². The van der Waals surface area contributed by atoms with E-state index in [1.54, 1.807) is 0 Å². The Morgan fingerprint density at radius 3 is 2.58 bits per heavy atom. The summed E-state index contributed by atoms with van der Waals surface area (Å²) in [4.78, 5) is 4.69. The van der Waals surface area contributed by atoms with Crippen LogP contribution < -0.4 is 0 Å². The number of aromatic nitrogens is 1. The third-order valence-corrected chi connectivity index (χ3v) is 8.37. The molecule has 1 aromatic carbocycles. The van der Waals surface area contributed by atoms with Gasteiger partial charge < -0.3 is 18.7 Å². The zero-order valence-corrected chi connectivity index (χ0v) is 20.0. The van der Waals surface area contributed by atoms with Gasteiger partial charge in [-0.15, -0.1) is 0 Å². The molecule has 0 radical (unpaired) electrons. The summed E-state index contributed by atoms with van der Waals surface area (Å²) in [7, 11) is 0. The van der Waals surface area contributed by atoms with Crippen LogP contribution in [-0.2, 0) is 16.9 Å². The predicted molar refractivity (Wildman–Crippen MR) is 128 cm³/mol. The van der Waals surface area contributed by atoms with Crippen molar-refractivity contribution in [2.45, 2.75) is 70.1 Å². The fourth-order valence-electron chi connectivity index (χ4n) is 6.52. The average molecular weight is 452 g/mol. The molecule has 0 amide bonds. The summed E-state index contributed by atoms with van der Waals surface area (Å²) >= 11 is 0. The van der Waals surface area contributed by atoms with Gasteiger partial charge in [-0.1, -0.05) is 61.7 Å². The van der Waals surface area contributed by atoms with Gasteiger partial charge >= 0.3 is 0 Å². The Balaban J connectivity index is 1.38. The third-order valence-electron chi connectivity index (χ3n) is 8.37. The molecule has 2 bridgehead atoms. The second kappa shape index (κ2) is 9.36. The van der Waals surface area contributed by atoms with E-state index in [-0.39, 0.29) is 5.92 Å². The smallest absolute Gasteiger partial charge is 0.231 e. The minimum Gasteiger partial charge on any atom is -0.436 e. The number of ether oxygens (including phenoxy) is 1. The number of fused-ring (bicyclic) bond motifs is 3. The summed E-state index contributed by atoms with van der Waals surface area (Å²) in [6.07, 6.45) is 10.1. The minimum absolute atomic E-state index is 0.137. The van der Waals surface area contributed by atoms with Gasteiger partial charge in [-0.05, 0) is 25.3 Å². The first kappa shape index (κ1) is 22.8. The van der Waals surface area contributed by atoms with Crippen molar-refractivity contribution in [1.29, 1.82) is 0 Å². The first-order valence-electron chi connectivity index (χ1n) is 12.8. The van der Waals surface area contributed by atoms with E-state index >= 15 is 0 Å². The van der Waals surface area contributed by atoms with Crippen LogP contribution in [0.5, 0.6) is 0 Å². The van der Waals surface area contributed by atoms with Crippen LogP contribution in [0, 0.1) is 11.8 Å². The lowest BCUT2D eigenvalue weighted by Crippen LogP contribution is -2.63. The number of nitrogens with zero attached hydrogens (tertiary/aromatic N) is 2. The average Bonchev–Trinajstić information content (AvgIpc) is 3.32. The summed E-state index contributed by atoms with van der Waals surface area (Å²) in [5.74, 6) is 2.16. The van der Waals surface area contributed by atoms with Crippen LogP contribution >= 0.6 is 0 Å². The largest absolute Gasteiger partial charge is 0.436 e. The van der Waals surface area contributed by atoms with Crippen LogP contribution in [0.25, 0.3) is 0 Å². The lowest BCUT2D eigenvalue weighted by molar-refractivity contribution is -0.959. The summed E-state index contributed by atoms with van der Waals surface area (Å²) < 4.78 is 13.6. The van der Waals surface area contributed by atoms with E-state index in [0.717, 1.165) is 60.2 Å². The topological polar surface area (TPSA) is 55.5 Å². The molecule has 33 heavy (non-hydrogen) atoms. The van der Waals surface area contributed by atoms with Gasteiger partial charge in [0.2, 0.25) is 5.89 Å². The lowest BCUT2D eigenvalue weighted by Gasteiger charge is -2.52. The van der Waals surface area contributed by atoms with E-state index in [1.165, 1.54) is 32.4 Å². The SMILES string of the molecule is C=C(C)COC1C[N+]2(Cc3cnc([C@](O)(c4ccccc4)C4CCCCC4)o3)CCC1CC2. The monoisotopic (exact) mass is 451 g/mol. The quantitative estimate of drug-likeness (QED) is 0.443. The maximum Gasteiger partial charge on any atom is 0.231 e. The van der Waals surface area contributed by atoms with E-state index in [4.69, 9.17) is 14.1 Å². The highest BCUT2D eigenvalue weighted by atomic mass is 16.5. The Labute approximate surface area is 198 Å². The van der Waals surface area contributed by atoms with E-state index < -0.39 is 5.60 Å². The molecule has 3 saturated heterocycles. The number of aliphatic hydroxyl groups is 1. The highest BCUT2D eigenvalue weighted by Crippen LogP contribution is 2.44. The van der Waals surface area contributed by atoms with Crippen molar-refractivity contribution >= 4 is 0 Å². The first-order chi connectivity index (χ1) is 16.0. The van der Waals surface area contributed by atoms with Crippen LogP contribution in [0.2, 0.25) is 0 Å². The van der Waals surface area contributed by atoms with E-state index in [2.05, 4.69) is 6.58 Å². The normalized spacial score (nSPS) is 29.6. The Hall–Kier alpha value is -1.95. The van der Waals surface area contributed by atoms with Crippen molar-refractivity contribution in [3.63, 3.8) is 0 Å². The standard InChI is InChI=1S/C28H39N2O3/c1-21(2)20-32-26-19-30(15-13-22(26)14-16-30)18-25-17-29-27(33-25)28(31,23-9-5-3-6-10-23)24-11-7-4-8-12-24/h3,5-6,9-10,17,22,24,26,31H,1,4,7-8,11-16,18-20H2,2H3/q+1/t22?,26?,28-,30?/m0/s1. The Morgan fingerprint density at radius 1 is 1.15 bits per heavy atom. The molecular weight excluding hydrogens is 412 g/mol. The molecule has 1 saturated carbocycles. The van der Waals surface area contributed by atoms with Crippen LogP contribution in [0.1, 0.15) is 69.1 Å². The number of hydrogen-bond donors (Lipinski definition) is 1. The molecule has 178 valence electrons. The van der Waals surface area contributed by atoms with Crippen LogP contribution in [-0.4, -0.2) is 46.9 Å². The van der Waals surface area contributed by atoms with Crippen LogP contribution in [0.15, 0.2) is 53.1 Å². The molecule has 4 fully saturated rings. The maximum atomic E-state index is 12.1. The van der Waals surface area contributed by atoms with Gasteiger partial charge in [0, 0.05) is 24.7 Å². The third kappa shape index (κ3) is 4.55. The summed E-state index contributed by atoms with van der Waals surface area (Å²) in [5.41, 5.74) is 0.812. The molecule has 4 heterocycles. The molecular formula is C28H39N2O3+. The lowest BCUT2D eigenvalue weighted by atomic mass is 9.73. The van der Waals surface area contributed by atoms with Crippen LogP contribution in [0.4, 0.5) is 0 Å².